The van der Waals surface area contributed by atoms with Crippen LogP contribution in [0.3, 0.4) is 0 Å². The smallest absolute Gasteiger partial charge is 0.303 e. The fraction of sp³-hybridized carbons (Fsp3) is 0.500. The van der Waals surface area contributed by atoms with Gasteiger partial charge in [0.05, 0.1) is 12.0 Å². The first-order valence-electron chi connectivity index (χ1n) is 6.48. The van der Waals surface area contributed by atoms with Crippen LogP contribution in [0.15, 0.2) is 23.1 Å². The van der Waals surface area contributed by atoms with E-state index in [-0.39, 0.29) is 17.7 Å². The predicted octanol–water partition coefficient (Wildman–Crippen LogP) is 1.93. The molecule has 7 heteroatoms. The molecule has 0 atom stereocenters. The van der Waals surface area contributed by atoms with E-state index >= 15 is 0 Å². The summed E-state index contributed by atoms with van der Waals surface area (Å²) < 4.78 is 32.4. The Morgan fingerprint density at radius 2 is 2.00 bits per heavy atom. The summed E-state index contributed by atoms with van der Waals surface area (Å²) in [4.78, 5) is 10.8. The van der Waals surface area contributed by atoms with Crippen LogP contribution < -0.4 is 9.46 Å². The van der Waals surface area contributed by atoms with Gasteiger partial charge in [-0.15, -0.1) is 0 Å². The summed E-state index contributed by atoms with van der Waals surface area (Å²) in [6.07, 6.45) is 0.105. The number of ether oxygens (including phenoxy) is 1. The molecule has 0 aliphatic heterocycles. The van der Waals surface area contributed by atoms with Crippen LogP contribution in [0, 0.1) is 6.92 Å². The number of carbonyl (C=O) groups is 1. The van der Waals surface area contributed by atoms with Crippen LogP contribution in [-0.4, -0.2) is 32.1 Å². The lowest BCUT2D eigenvalue weighted by Crippen LogP contribution is -2.43. The maximum atomic E-state index is 12.4. The van der Waals surface area contributed by atoms with Crippen LogP contribution in [0.25, 0.3) is 0 Å². The Balaban J connectivity index is 2.98. The van der Waals surface area contributed by atoms with Gasteiger partial charge in [-0.25, -0.2) is 13.1 Å². The Morgan fingerprint density at radius 1 is 1.38 bits per heavy atom. The minimum absolute atomic E-state index is 0.100. The van der Waals surface area contributed by atoms with E-state index in [9.17, 15) is 13.2 Å². The molecule has 0 saturated carbocycles. The molecule has 6 nitrogen and oxygen atoms in total. The van der Waals surface area contributed by atoms with Crippen molar-refractivity contribution in [3.8, 4) is 5.75 Å². The molecule has 0 radical (unpaired) electrons. The molecule has 1 aromatic rings. The van der Waals surface area contributed by atoms with Crippen molar-refractivity contribution in [3.05, 3.63) is 23.8 Å². The van der Waals surface area contributed by atoms with Gasteiger partial charge in [-0.1, -0.05) is 0 Å². The van der Waals surface area contributed by atoms with Crippen molar-refractivity contribution >= 4 is 16.0 Å². The van der Waals surface area contributed by atoms with Crippen molar-refractivity contribution in [1.29, 1.82) is 0 Å². The molecule has 0 aliphatic rings. The second-order valence-corrected chi connectivity index (χ2v) is 7.17. The molecule has 0 unspecified atom stereocenters. The highest BCUT2D eigenvalue weighted by atomic mass is 32.2. The third-order valence-corrected chi connectivity index (χ3v) is 4.90. The highest BCUT2D eigenvalue weighted by molar-refractivity contribution is 7.89. The van der Waals surface area contributed by atoms with Crippen molar-refractivity contribution in [2.24, 2.45) is 0 Å². The van der Waals surface area contributed by atoms with E-state index in [1.165, 1.54) is 13.2 Å². The van der Waals surface area contributed by atoms with Crippen LogP contribution in [-0.2, 0) is 14.8 Å². The van der Waals surface area contributed by atoms with Gasteiger partial charge < -0.3 is 9.84 Å². The first kappa shape index (κ1) is 17.5. The summed E-state index contributed by atoms with van der Waals surface area (Å²) in [6.45, 7) is 5.00. The number of hydrogen-bond donors (Lipinski definition) is 2. The Bertz CT molecular complexity index is 622. The highest BCUT2D eigenvalue weighted by Crippen LogP contribution is 2.23. The lowest BCUT2D eigenvalue weighted by Gasteiger charge is -2.25. The zero-order chi connectivity index (χ0) is 16.3. The third kappa shape index (κ3) is 5.02. The fourth-order valence-electron chi connectivity index (χ4n) is 1.94. The van der Waals surface area contributed by atoms with E-state index in [4.69, 9.17) is 9.84 Å². The van der Waals surface area contributed by atoms with E-state index in [1.807, 2.05) is 0 Å². The summed E-state index contributed by atoms with van der Waals surface area (Å²) in [5.74, 6) is -0.375. The maximum absolute atomic E-state index is 12.4. The van der Waals surface area contributed by atoms with Gasteiger partial charge in [0.2, 0.25) is 10.0 Å². The number of carboxylic acid groups (broad SMARTS) is 1. The van der Waals surface area contributed by atoms with Crippen molar-refractivity contribution in [2.75, 3.05) is 7.11 Å². The van der Waals surface area contributed by atoms with Crippen LogP contribution in [0.5, 0.6) is 5.75 Å². The monoisotopic (exact) mass is 315 g/mol. The van der Waals surface area contributed by atoms with Gasteiger partial charge in [-0.05, 0) is 51.0 Å². The Kier molecular flexibility index (Phi) is 5.36. The first-order chi connectivity index (χ1) is 9.57. The number of hydrogen-bond acceptors (Lipinski definition) is 4. The Morgan fingerprint density at radius 3 is 2.48 bits per heavy atom. The SMILES string of the molecule is COc1ccc(S(=O)(=O)NC(C)(C)CCC(=O)O)c(C)c1. The molecular weight excluding hydrogens is 294 g/mol. The van der Waals surface area contributed by atoms with E-state index in [2.05, 4.69) is 4.72 Å². The molecule has 0 fully saturated rings. The predicted molar refractivity (Wildman–Crippen MR) is 79.0 cm³/mol. The molecule has 1 aromatic carbocycles. The summed E-state index contributed by atoms with van der Waals surface area (Å²) in [7, 11) is -2.21. The minimum atomic E-state index is -3.72. The van der Waals surface area contributed by atoms with Gasteiger partial charge in [0.25, 0.3) is 0 Å². The van der Waals surface area contributed by atoms with Gasteiger partial charge in [0.15, 0.2) is 0 Å². The van der Waals surface area contributed by atoms with E-state index in [0.717, 1.165) is 0 Å². The standard InChI is InChI=1S/C14H21NO5S/c1-10-9-11(20-4)5-6-12(10)21(18,19)15-14(2,3)8-7-13(16)17/h5-6,9,15H,7-8H2,1-4H3,(H,16,17). The number of aryl methyl sites for hydroxylation is 1. The van der Waals surface area contributed by atoms with Crippen LogP contribution >= 0.6 is 0 Å². The van der Waals surface area contributed by atoms with Crippen molar-refractivity contribution in [1.82, 2.24) is 4.72 Å². The topological polar surface area (TPSA) is 92.7 Å². The average Bonchev–Trinajstić information content (AvgIpc) is 2.34. The number of nitrogens with one attached hydrogen (secondary N) is 1. The third-order valence-electron chi connectivity index (χ3n) is 3.05. The summed E-state index contributed by atoms with van der Waals surface area (Å²) in [5.41, 5.74) is -0.278. The highest BCUT2D eigenvalue weighted by Gasteiger charge is 2.27. The molecule has 0 aliphatic carbocycles. The largest absolute Gasteiger partial charge is 0.497 e. The van der Waals surface area contributed by atoms with E-state index in [0.29, 0.717) is 11.3 Å². The molecule has 118 valence electrons. The quantitative estimate of drug-likeness (QED) is 0.802. The van der Waals surface area contributed by atoms with Crippen molar-refractivity contribution in [3.63, 3.8) is 0 Å². The number of rotatable bonds is 7. The summed E-state index contributed by atoms with van der Waals surface area (Å²) in [5, 5.41) is 8.70. The van der Waals surface area contributed by atoms with Gasteiger partial charge >= 0.3 is 5.97 Å². The normalized spacial score (nSPS) is 12.2. The molecule has 0 spiro atoms. The lowest BCUT2D eigenvalue weighted by atomic mass is 10.0. The molecule has 0 saturated heterocycles. The molecule has 0 aromatic heterocycles. The zero-order valence-corrected chi connectivity index (χ0v) is 13.5. The second-order valence-electron chi connectivity index (χ2n) is 5.51. The second kappa shape index (κ2) is 6.44. The Labute approximate surface area is 125 Å². The average molecular weight is 315 g/mol. The zero-order valence-electron chi connectivity index (χ0n) is 12.6. The molecular formula is C14H21NO5S. The molecule has 21 heavy (non-hydrogen) atoms. The van der Waals surface area contributed by atoms with Gasteiger partial charge in [0, 0.05) is 12.0 Å². The van der Waals surface area contributed by atoms with Crippen LogP contribution in [0.4, 0.5) is 0 Å². The molecule has 1 rings (SSSR count). The lowest BCUT2D eigenvalue weighted by molar-refractivity contribution is -0.137. The minimum Gasteiger partial charge on any atom is -0.497 e. The number of carboxylic acids is 1. The van der Waals surface area contributed by atoms with E-state index in [1.54, 1.807) is 32.9 Å². The molecule has 0 amide bonds. The first-order valence-corrected chi connectivity index (χ1v) is 7.96. The molecule has 2 N–H and O–H groups in total. The van der Waals surface area contributed by atoms with Crippen LogP contribution in [0.1, 0.15) is 32.3 Å². The number of benzene rings is 1. The van der Waals surface area contributed by atoms with Gasteiger partial charge in [-0.2, -0.15) is 0 Å². The van der Waals surface area contributed by atoms with Crippen molar-refractivity contribution in [2.45, 2.75) is 44.0 Å². The molecule has 0 heterocycles. The molecule has 0 bridgehead atoms. The number of sulfonamides is 1. The Hall–Kier alpha value is -1.60. The van der Waals surface area contributed by atoms with Crippen molar-refractivity contribution < 1.29 is 23.1 Å². The fourth-order valence-corrected chi connectivity index (χ4v) is 3.61. The summed E-state index contributed by atoms with van der Waals surface area (Å²) in [6, 6.07) is 4.69. The number of methoxy groups -OCH3 is 1. The maximum Gasteiger partial charge on any atom is 0.303 e. The number of aliphatic carboxylic acids is 1. The van der Waals surface area contributed by atoms with Gasteiger partial charge in [-0.3, -0.25) is 4.79 Å². The van der Waals surface area contributed by atoms with Crippen LogP contribution in [0.2, 0.25) is 0 Å². The van der Waals surface area contributed by atoms with Gasteiger partial charge in [0.1, 0.15) is 5.75 Å². The summed E-state index contributed by atoms with van der Waals surface area (Å²) >= 11 is 0. The van der Waals surface area contributed by atoms with E-state index < -0.39 is 21.5 Å².